The topological polar surface area (TPSA) is 4.93 Å². The Morgan fingerprint density at radius 2 is 1.30 bits per heavy atom. The lowest BCUT2D eigenvalue weighted by Crippen LogP contribution is -1.99. The first-order chi connectivity index (χ1) is 13.1. The number of allylic oxidation sites excluding steroid dienone is 1. The molecule has 1 aromatic heterocycles. The molecule has 0 aliphatic carbocycles. The number of hydrogen-bond acceptors (Lipinski definition) is 0. The summed E-state index contributed by atoms with van der Waals surface area (Å²) in [5.74, 6) is 0. The van der Waals surface area contributed by atoms with E-state index in [0.717, 1.165) is 5.57 Å². The number of rotatable bonds is 4. The summed E-state index contributed by atoms with van der Waals surface area (Å²) in [5.41, 5.74) is 9.58. The number of nitrogens with zero attached hydrogens (tertiary/aromatic N) is 1. The highest BCUT2D eigenvalue weighted by molar-refractivity contribution is 5.77. The van der Waals surface area contributed by atoms with Crippen LogP contribution >= 0.6 is 0 Å². The normalized spacial score (nSPS) is 10.7. The number of aromatic nitrogens is 1. The van der Waals surface area contributed by atoms with Crippen molar-refractivity contribution in [3.63, 3.8) is 0 Å². The smallest absolute Gasteiger partial charge is 0.0537 e. The molecule has 0 unspecified atom stereocenters. The van der Waals surface area contributed by atoms with Crippen LogP contribution in [-0.2, 0) is 0 Å². The third kappa shape index (κ3) is 3.24. The molecule has 4 aromatic rings. The van der Waals surface area contributed by atoms with Crippen LogP contribution in [0.4, 0.5) is 0 Å². The zero-order valence-electron chi connectivity index (χ0n) is 15.8. The van der Waals surface area contributed by atoms with Gasteiger partial charge in [0.2, 0.25) is 0 Å². The average molecular weight is 349 g/mol. The van der Waals surface area contributed by atoms with Crippen molar-refractivity contribution in [1.82, 2.24) is 4.57 Å². The molecule has 27 heavy (non-hydrogen) atoms. The highest BCUT2D eigenvalue weighted by Crippen LogP contribution is 2.35. The molecule has 1 heterocycles. The molecular formula is C26H23N. The lowest BCUT2D eigenvalue weighted by atomic mass is 10.1. The van der Waals surface area contributed by atoms with Crippen molar-refractivity contribution >= 4 is 5.57 Å². The summed E-state index contributed by atoms with van der Waals surface area (Å²) in [6, 6.07) is 32.1. The largest absolute Gasteiger partial charge is 0.313 e. The highest BCUT2D eigenvalue weighted by atomic mass is 15.0. The van der Waals surface area contributed by atoms with Gasteiger partial charge in [-0.1, -0.05) is 84.9 Å². The first kappa shape index (κ1) is 17.1. The lowest BCUT2D eigenvalue weighted by Gasteiger charge is -2.13. The van der Waals surface area contributed by atoms with Crippen LogP contribution in [0.2, 0.25) is 0 Å². The molecule has 1 nitrogen and oxygen atoms in total. The van der Waals surface area contributed by atoms with Crippen LogP contribution in [-0.4, -0.2) is 4.57 Å². The Hall–Kier alpha value is -3.32. The Morgan fingerprint density at radius 3 is 1.85 bits per heavy atom. The molecule has 1 heteroatoms. The SMILES string of the molecule is C=C(C)c1ccc(-n2c(-c3ccccc3)cc(-c3ccccc3)c2C)cc1. The van der Waals surface area contributed by atoms with Crippen molar-refractivity contribution < 1.29 is 0 Å². The summed E-state index contributed by atoms with van der Waals surface area (Å²) in [7, 11) is 0. The fraction of sp³-hybridized carbons (Fsp3) is 0.0769. The molecule has 0 N–H and O–H groups in total. The Bertz CT molecular complexity index is 1070. The molecule has 0 bridgehead atoms. The predicted octanol–water partition coefficient (Wildman–Crippen LogP) is 7.15. The minimum Gasteiger partial charge on any atom is -0.313 e. The fourth-order valence-corrected chi connectivity index (χ4v) is 3.57. The second kappa shape index (κ2) is 7.13. The van der Waals surface area contributed by atoms with Crippen LogP contribution in [0.5, 0.6) is 0 Å². The molecule has 0 fully saturated rings. The van der Waals surface area contributed by atoms with E-state index in [4.69, 9.17) is 0 Å². The van der Waals surface area contributed by atoms with Gasteiger partial charge in [-0.3, -0.25) is 0 Å². The highest BCUT2D eigenvalue weighted by Gasteiger charge is 2.16. The van der Waals surface area contributed by atoms with E-state index in [-0.39, 0.29) is 0 Å². The molecule has 0 saturated carbocycles. The Balaban J connectivity index is 1.93. The van der Waals surface area contributed by atoms with Crippen LogP contribution < -0.4 is 0 Å². The van der Waals surface area contributed by atoms with Crippen LogP contribution in [0.25, 0.3) is 33.6 Å². The van der Waals surface area contributed by atoms with Gasteiger partial charge in [0.1, 0.15) is 0 Å². The standard InChI is InChI=1S/C26H23N/c1-19(2)21-14-16-24(17-15-21)27-20(3)25(22-10-6-4-7-11-22)18-26(27)23-12-8-5-9-13-23/h4-18H,1H2,2-3H3. The van der Waals surface area contributed by atoms with Crippen molar-refractivity contribution in [1.29, 1.82) is 0 Å². The lowest BCUT2D eigenvalue weighted by molar-refractivity contribution is 1.02. The summed E-state index contributed by atoms with van der Waals surface area (Å²) in [6.45, 7) is 8.28. The molecule has 3 aromatic carbocycles. The zero-order valence-corrected chi connectivity index (χ0v) is 15.8. The molecular weight excluding hydrogens is 326 g/mol. The zero-order chi connectivity index (χ0) is 18.8. The molecule has 0 amide bonds. The average Bonchev–Trinajstić information content (AvgIpc) is 3.06. The molecule has 0 atom stereocenters. The van der Waals surface area contributed by atoms with E-state index in [2.05, 4.69) is 109 Å². The van der Waals surface area contributed by atoms with E-state index < -0.39 is 0 Å². The summed E-state index contributed by atoms with van der Waals surface area (Å²) < 4.78 is 2.35. The Kier molecular flexibility index (Phi) is 4.52. The predicted molar refractivity (Wildman–Crippen MR) is 116 cm³/mol. The van der Waals surface area contributed by atoms with Crippen molar-refractivity contribution in [2.24, 2.45) is 0 Å². The summed E-state index contributed by atoms with van der Waals surface area (Å²) in [5, 5.41) is 0. The number of hydrogen-bond donors (Lipinski definition) is 0. The van der Waals surface area contributed by atoms with Crippen molar-refractivity contribution in [2.75, 3.05) is 0 Å². The van der Waals surface area contributed by atoms with Gasteiger partial charge in [-0.15, -0.1) is 0 Å². The Morgan fingerprint density at radius 1 is 0.741 bits per heavy atom. The molecule has 0 radical (unpaired) electrons. The minimum atomic E-state index is 1.08. The van der Waals surface area contributed by atoms with Crippen LogP contribution in [0, 0.1) is 6.92 Å². The van der Waals surface area contributed by atoms with Crippen molar-refractivity contribution in [3.8, 4) is 28.1 Å². The van der Waals surface area contributed by atoms with E-state index in [1.807, 2.05) is 6.92 Å². The Labute approximate surface area is 161 Å². The summed E-state index contributed by atoms with van der Waals surface area (Å²) in [4.78, 5) is 0. The minimum absolute atomic E-state index is 1.08. The van der Waals surface area contributed by atoms with E-state index in [1.54, 1.807) is 0 Å². The van der Waals surface area contributed by atoms with Crippen LogP contribution in [0.15, 0.2) is 97.6 Å². The van der Waals surface area contributed by atoms with Gasteiger partial charge in [-0.25, -0.2) is 0 Å². The first-order valence-corrected chi connectivity index (χ1v) is 9.24. The van der Waals surface area contributed by atoms with Crippen LogP contribution in [0.1, 0.15) is 18.2 Å². The molecule has 0 saturated heterocycles. The molecule has 0 spiro atoms. The number of benzene rings is 3. The maximum absolute atomic E-state index is 4.05. The monoisotopic (exact) mass is 349 g/mol. The second-order valence-corrected chi connectivity index (χ2v) is 6.92. The molecule has 132 valence electrons. The van der Waals surface area contributed by atoms with Gasteiger partial charge in [0.05, 0.1) is 5.69 Å². The van der Waals surface area contributed by atoms with Crippen molar-refractivity contribution in [2.45, 2.75) is 13.8 Å². The van der Waals surface area contributed by atoms with E-state index >= 15 is 0 Å². The molecule has 0 aliphatic rings. The van der Waals surface area contributed by atoms with Gasteiger partial charge in [-0.2, -0.15) is 0 Å². The van der Waals surface area contributed by atoms with Gasteiger partial charge >= 0.3 is 0 Å². The summed E-state index contributed by atoms with van der Waals surface area (Å²) >= 11 is 0. The van der Waals surface area contributed by atoms with Crippen LogP contribution in [0.3, 0.4) is 0 Å². The molecule has 0 aliphatic heterocycles. The third-order valence-electron chi connectivity index (χ3n) is 5.02. The van der Waals surface area contributed by atoms with E-state index in [1.165, 1.54) is 39.3 Å². The van der Waals surface area contributed by atoms with Gasteiger partial charge < -0.3 is 4.57 Å². The second-order valence-electron chi connectivity index (χ2n) is 6.92. The maximum atomic E-state index is 4.05. The van der Waals surface area contributed by atoms with E-state index in [0.29, 0.717) is 0 Å². The maximum Gasteiger partial charge on any atom is 0.0537 e. The third-order valence-corrected chi connectivity index (χ3v) is 5.02. The van der Waals surface area contributed by atoms with Gasteiger partial charge in [0.15, 0.2) is 0 Å². The van der Waals surface area contributed by atoms with Gasteiger partial charge in [0.25, 0.3) is 0 Å². The molecule has 4 rings (SSSR count). The fourth-order valence-electron chi connectivity index (χ4n) is 3.57. The van der Waals surface area contributed by atoms with E-state index in [9.17, 15) is 0 Å². The summed E-state index contributed by atoms with van der Waals surface area (Å²) in [6.07, 6.45) is 0. The first-order valence-electron chi connectivity index (χ1n) is 9.24. The quantitative estimate of drug-likeness (QED) is 0.368. The van der Waals surface area contributed by atoms with Crippen molar-refractivity contribution in [3.05, 3.63) is 109 Å². The van der Waals surface area contributed by atoms with Gasteiger partial charge in [-0.05, 0) is 48.7 Å². The van der Waals surface area contributed by atoms with Gasteiger partial charge in [0, 0.05) is 16.9 Å².